The molecule has 1 aromatic rings. The van der Waals surface area contributed by atoms with Crippen molar-refractivity contribution in [3.8, 4) is 0 Å². The van der Waals surface area contributed by atoms with Gasteiger partial charge in [0.15, 0.2) is 0 Å². The highest BCUT2D eigenvalue weighted by Crippen LogP contribution is 2.24. The van der Waals surface area contributed by atoms with Crippen molar-refractivity contribution >= 4 is 5.69 Å². The van der Waals surface area contributed by atoms with Gasteiger partial charge in [-0.25, -0.2) is 5.43 Å². The highest BCUT2D eigenvalue weighted by molar-refractivity contribution is 5.59. The number of hydrogen-bond donors (Lipinski definition) is 2. The number of hydrogen-bond acceptors (Lipinski definition) is 3. The van der Waals surface area contributed by atoms with Gasteiger partial charge < -0.3 is 4.90 Å². The lowest BCUT2D eigenvalue weighted by atomic mass is 10.0. The highest BCUT2D eigenvalue weighted by atomic mass is 15.3. The smallest absolute Gasteiger partial charge is 0.0805 e. The van der Waals surface area contributed by atoms with Crippen molar-refractivity contribution in [3.05, 3.63) is 28.8 Å². The van der Waals surface area contributed by atoms with E-state index in [9.17, 15) is 0 Å². The first-order chi connectivity index (χ1) is 6.56. The lowest BCUT2D eigenvalue weighted by Gasteiger charge is -2.23. The normalized spacial score (nSPS) is 10.4. The Labute approximate surface area is 85.9 Å². The molecule has 1 aromatic carbocycles. The van der Waals surface area contributed by atoms with Gasteiger partial charge in [0.25, 0.3) is 0 Å². The molecule has 0 aliphatic rings. The van der Waals surface area contributed by atoms with Gasteiger partial charge in [-0.1, -0.05) is 17.7 Å². The van der Waals surface area contributed by atoms with Gasteiger partial charge in [-0.2, -0.15) is 0 Å². The first kappa shape index (κ1) is 11.0. The van der Waals surface area contributed by atoms with Crippen molar-refractivity contribution < 1.29 is 0 Å². The zero-order valence-electron chi connectivity index (χ0n) is 9.39. The van der Waals surface area contributed by atoms with Gasteiger partial charge >= 0.3 is 0 Å². The number of aryl methyl sites for hydroxylation is 3. The van der Waals surface area contributed by atoms with Crippen LogP contribution in [0.1, 0.15) is 16.7 Å². The maximum absolute atomic E-state index is 5.31. The lowest BCUT2D eigenvalue weighted by Crippen LogP contribution is -2.36. The van der Waals surface area contributed by atoms with Crippen LogP contribution in [0, 0.1) is 20.8 Å². The summed E-state index contributed by atoms with van der Waals surface area (Å²) in [5, 5.41) is 0. The molecule has 0 saturated carbocycles. The Morgan fingerprint density at radius 1 is 1.21 bits per heavy atom. The largest absolute Gasteiger partial charge is 0.360 e. The summed E-state index contributed by atoms with van der Waals surface area (Å²) in [5.74, 6) is 5.31. The number of rotatable bonds is 3. The SMILES string of the molecule is Cc1cc(C)c(N(C)CNN)c(C)c1. The van der Waals surface area contributed by atoms with Crippen LogP contribution in [-0.4, -0.2) is 13.7 Å². The molecule has 0 atom stereocenters. The third kappa shape index (κ3) is 2.25. The molecule has 0 amide bonds. The van der Waals surface area contributed by atoms with E-state index in [1.54, 1.807) is 0 Å². The molecular weight excluding hydrogens is 174 g/mol. The molecule has 78 valence electrons. The molecule has 0 heterocycles. The minimum Gasteiger partial charge on any atom is -0.360 e. The van der Waals surface area contributed by atoms with Crippen molar-refractivity contribution in [2.45, 2.75) is 20.8 Å². The fraction of sp³-hybridized carbons (Fsp3) is 0.455. The average Bonchev–Trinajstić information content (AvgIpc) is 2.01. The van der Waals surface area contributed by atoms with Crippen molar-refractivity contribution in [2.24, 2.45) is 5.84 Å². The van der Waals surface area contributed by atoms with E-state index in [4.69, 9.17) is 5.84 Å². The molecule has 0 unspecified atom stereocenters. The second kappa shape index (κ2) is 4.44. The molecule has 3 heteroatoms. The van der Waals surface area contributed by atoms with Gasteiger partial charge in [-0.05, 0) is 31.9 Å². The summed E-state index contributed by atoms with van der Waals surface area (Å²) >= 11 is 0. The van der Waals surface area contributed by atoms with Crippen LogP contribution in [-0.2, 0) is 0 Å². The van der Waals surface area contributed by atoms with Crippen LogP contribution in [0.3, 0.4) is 0 Å². The van der Waals surface area contributed by atoms with Crippen LogP contribution in [0.25, 0.3) is 0 Å². The molecule has 0 bridgehead atoms. The maximum atomic E-state index is 5.31. The van der Waals surface area contributed by atoms with Crippen LogP contribution < -0.4 is 16.2 Å². The van der Waals surface area contributed by atoms with Gasteiger partial charge in [0.2, 0.25) is 0 Å². The lowest BCUT2D eigenvalue weighted by molar-refractivity contribution is 0.715. The quantitative estimate of drug-likeness (QED) is 0.434. The van der Waals surface area contributed by atoms with Crippen molar-refractivity contribution in [1.29, 1.82) is 0 Å². The van der Waals surface area contributed by atoms with E-state index in [1.165, 1.54) is 22.4 Å². The number of hydrazine groups is 1. The summed E-state index contributed by atoms with van der Waals surface area (Å²) < 4.78 is 0. The molecule has 14 heavy (non-hydrogen) atoms. The summed E-state index contributed by atoms with van der Waals surface area (Å²) in [5.41, 5.74) is 7.81. The van der Waals surface area contributed by atoms with E-state index in [0.29, 0.717) is 6.67 Å². The second-order valence-electron chi connectivity index (χ2n) is 3.81. The molecule has 3 nitrogen and oxygen atoms in total. The Morgan fingerprint density at radius 3 is 2.14 bits per heavy atom. The predicted octanol–water partition coefficient (Wildman–Crippen LogP) is 1.47. The van der Waals surface area contributed by atoms with E-state index in [-0.39, 0.29) is 0 Å². The Morgan fingerprint density at radius 2 is 1.71 bits per heavy atom. The third-order valence-electron chi connectivity index (χ3n) is 2.35. The molecule has 3 N–H and O–H groups in total. The Kier molecular flexibility index (Phi) is 3.49. The van der Waals surface area contributed by atoms with Crippen LogP contribution in [0.2, 0.25) is 0 Å². The van der Waals surface area contributed by atoms with Crippen LogP contribution in [0.5, 0.6) is 0 Å². The standard InChI is InChI=1S/C11H19N3/c1-8-5-9(2)11(10(3)6-8)14(4)7-13-12/h5-6,13H,7,12H2,1-4H3. The van der Waals surface area contributed by atoms with Gasteiger partial charge in [0.05, 0.1) is 6.67 Å². The average molecular weight is 193 g/mol. The molecule has 0 fully saturated rings. The molecular formula is C11H19N3. The van der Waals surface area contributed by atoms with Crippen LogP contribution in [0.15, 0.2) is 12.1 Å². The number of benzene rings is 1. The fourth-order valence-electron chi connectivity index (χ4n) is 1.99. The third-order valence-corrected chi connectivity index (χ3v) is 2.35. The van der Waals surface area contributed by atoms with E-state index in [2.05, 4.69) is 43.2 Å². The molecule has 0 saturated heterocycles. The maximum Gasteiger partial charge on any atom is 0.0805 e. The highest BCUT2D eigenvalue weighted by Gasteiger charge is 2.07. The van der Waals surface area contributed by atoms with Gasteiger partial charge in [0.1, 0.15) is 0 Å². The fourth-order valence-corrected chi connectivity index (χ4v) is 1.99. The van der Waals surface area contributed by atoms with Gasteiger partial charge in [0, 0.05) is 12.7 Å². The summed E-state index contributed by atoms with van der Waals surface area (Å²) in [6.07, 6.45) is 0. The zero-order valence-corrected chi connectivity index (χ0v) is 9.39. The monoisotopic (exact) mass is 193 g/mol. The number of nitrogens with zero attached hydrogens (tertiary/aromatic N) is 1. The number of anilines is 1. The molecule has 0 aliphatic heterocycles. The van der Waals surface area contributed by atoms with E-state index in [0.717, 1.165) is 0 Å². The van der Waals surface area contributed by atoms with Gasteiger partial charge in [-0.3, -0.25) is 5.84 Å². The minimum absolute atomic E-state index is 0.657. The van der Waals surface area contributed by atoms with Crippen molar-refractivity contribution in [1.82, 2.24) is 5.43 Å². The Balaban J connectivity index is 3.07. The first-order valence-electron chi connectivity index (χ1n) is 4.78. The summed E-state index contributed by atoms with van der Waals surface area (Å²) in [4.78, 5) is 2.12. The van der Waals surface area contributed by atoms with Crippen LogP contribution >= 0.6 is 0 Å². The molecule has 0 radical (unpaired) electrons. The number of nitrogens with two attached hydrogens (primary N) is 1. The molecule has 1 rings (SSSR count). The zero-order chi connectivity index (χ0) is 10.7. The minimum atomic E-state index is 0.657. The summed E-state index contributed by atoms with van der Waals surface area (Å²) in [7, 11) is 2.03. The van der Waals surface area contributed by atoms with E-state index >= 15 is 0 Å². The number of nitrogens with one attached hydrogen (secondary N) is 1. The van der Waals surface area contributed by atoms with E-state index in [1.807, 2.05) is 7.05 Å². The van der Waals surface area contributed by atoms with Gasteiger partial charge in [-0.15, -0.1) is 0 Å². The predicted molar refractivity (Wildman–Crippen MR) is 61.2 cm³/mol. The topological polar surface area (TPSA) is 41.3 Å². The second-order valence-corrected chi connectivity index (χ2v) is 3.81. The Bertz CT molecular complexity index is 297. The summed E-state index contributed by atoms with van der Waals surface area (Å²) in [6, 6.07) is 4.38. The Hall–Kier alpha value is -1.06. The van der Waals surface area contributed by atoms with Crippen molar-refractivity contribution in [2.75, 3.05) is 18.6 Å². The molecule has 0 aromatic heterocycles. The van der Waals surface area contributed by atoms with Crippen LogP contribution in [0.4, 0.5) is 5.69 Å². The van der Waals surface area contributed by atoms with Crippen molar-refractivity contribution in [3.63, 3.8) is 0 Å². The first-order valence-corrected chi connectivity index (χ1v) is 4.78. The molecule has 0 spiro atoms. The molecule has 0 aliphatic carbocycles. The van der Waals surface area contributed by atoms with E-state index < -0.39 is 0 Å². The summed E-state index contributed by atoms with van der Waals surface area (Å²) in [6.45, 7) is 7.03.